The lowest BCUT2D eigenvalue weighted by atomic mass is 9.99. The fraction of sp³-hybridized carbons (Fsp3) is 0.375. The molecule has 0 atom stereocenters. The van der Waals surface area contributed by atoms with E-state index in [1.54, 1.807) is 39.0 Å². The number of aryl methyl sites for hydroxylation is 2. The summed E-state index contributed by atoms with van der Waals surface area (Å²) in [5.41, 5.74) is 1.00. The second-order valence-corrected chi connectivity index (χ2v) is 11.3. The molecule has 0 aliphatic carbocycles. The molecule has 0 fully saturated rings. The van der Waals surface area contributed by atoms with Crippen LogP contribution in [0.25, 0.3) is 11.1 Å². The van der Waals surface area contributed by atoms with Crippen LogP contribution in [0.5, 0.6) is 0 Å². The van der Waals surface area contributed by atoms with Gasteiger partial charge in [0, 0.05) is 30.5 Å². The van der Waals surface area contributed by atoms with E-state index in [1.807, 2.05) is 39.0 Å². The number of hydrogen-bond acceptors (Lipinski definition) is 6. The highest BCUT2D eigenvalue weighted by Gasteiger charge is 2.36. The van der Waals surface area contributed by atoms with Crippen molar-refractivity contribution in [3.05, 3.63) is 71.0 Å². The number of ketones is 1. The van der Waals surface area contributed by atoms with Crippen LogP contribution in [0.3, 0.4) is 0 Å². The maximum Gasteiger partial charge on any atom is 0.418 e. The van der Waals surface area contributed by atoms with E-state index in [-0.39, 0.29) is 22.6 Å². The highest BCUT2D eigenvalue weighted by atomic mass is 19.4. The van der Waals surface area contributed by atoms with E-state index in [0.717, 1.165) is 34.6 Å². The van der Waals surface area contributed by atoms with Crippen molar-refractivity contribution in [3.63, 3.8) is 0 Å². The average molecular weight is 599 g/mol. The highest BCUT2D eigenvalue weighted by Crippen LogP contribution is 2.41. The number of carbonyl (C=O) groups excluding carboxylic acids is 3. The fourth-order valence-corrected chi connectivity index (χ4v) is 4.52. The molecule has 0 saturated heterocycles. The molecular formula is C32H37F3N4O4. The second kappa shape index (κ2) is 13.3. The van der Waals surface area contributed by atoms with E-state index in [2.05, 4.69) is 15.6 Å². The SMILES string of the molecule is CCCN(C)c1cc(NC(=O)OC(C)(C)C)c(NC(=O)CC(=O)c2cccc(-c3cc(C)nc(C)c3)c2)cc1C(F)(F)F. The van der Waals surface area contributed by atoms with Gasteiger partial charge in [0.25, 0.3) is 0 Å². The maximum atomic E-state index is 14.1. The molecule has 8 nitrogen and oxygen atoms in total. The van der Waals surface area contributed by atoms with Gasteiger partial charge in [0.2, 0.25) is 5.91 Å². The molecule has 0 radical (unpaired) electrons. The molecule has 0 unspecified atom stereocenters. The van der Waals surface area contributed by atoms with E-state index in [1.165, 1.54) is 11.9 Å². The Morgan fingerprint density at radius 3 is 2.12 bits per heavy atom. The van der Waals surface area contributed by atoms with Crippen LogP contribution in [0.1, 0.15) is 67.8 Å². The summed E-state index contributed by atoms with van der Waals surface area (Å²) in [6.45, 7) is 10.8. The molecule has 2 amide bonds. The Hall–Kier alpha value is -4.41. The van der Waals surface area contributed by atoms with Crippen LogP contribution in [0.4, 0.5) is 35.0 Å². The van der Waals surface area contributed by atoms with Gasteiger partial charge in [-0.3, -0.25) is 19.9 Å². The highest BCUT2D eigenvalue weighted by molar-refractivity contribution is 6.12. The average Bonchev–Trinajstić information content (AvgIpc) is 2.87. The first-order valence-corrected chi connectivity index (χ1v) is 13.8. The van der Waals surface area contributed by atoms with Crippen LogP contribution < -0.4 is 15.5 Å². The van der Waals surface area contributed by atoms with E-state index in [9.17, 15) is 27.6 Å². The van der Waals surface area contributed by atoms with E-state index in [0.29, 0.717) is 13.0 Å². The summed E-state index contributed by atoms with van der Waals surface area (Å²) in [5, 5.41) is 4.84. The van der Waals surface area contributed by atoms with Crippen molar-refractivity contribution in [2.45, 2.75) is 66.2 Å². The summed E-state index contributed by atoms with van der Waals surface area (Å²) in [6.07, 6.45) is -5.74. The lowest BCUT2D eigenvalue weighted by molar-refractivity contribution is -0.137. The predicted molar refractivity (Wildman–Crippen MR) is 162 cm³/mol. The predicted octanol–water partition coefficient (Wildman–Crippen LogP) is 7.79. The van der Waals surface area contributed by atoms with Gasteiger partial charge < -0.3 is 15.0 Å². The first kappa shape index (κ1) is 33.1. The van der Waals surface area contributed by atoms with Crippen LogP contribution in [0.15, 0.2) is 48.5 Å². The minimum absolute atomic E-state index is 0.105. The van der Waals surface area contributed by atoms with Crippen LogP contribution in [0.2, 0.25) is 0 Å². The number of ether oxygens (including phenoxy) is 1. The van der Waals surface area contributed by atoms with Gasteiger partial charge in [-0.05, 0) is 82.5 Å². The number of rotatable bonds is 9. The molecule has 43 heavy (non-hydrogen) atoms. The number of aromatic nitrogens is 1. The summed E-state index contributed by atoms with van der Waals surface area (Å²) < 4.78 is 47.7. The van der Waals surface area contributed by atoms with Gasteiger partial charge in [-0.1, -0.05) is 25.1 Å². The quantitative estimate of drug-likeness (QED) is 0.193. The smallest absolute Gasteiger partial charge is 0.418 e. The Morgan fingerprint density at radius 1 is 0.907 bits per heavy atom. The summed E-state index contributed by atoms with van der Waals surface area (Å²) in [7, 11) is 1.50. The fourth-order valence-electron chi connectivity index (χ4n) is 4.52. The molecule has 2 N–H and O–H groups in total. The van der Waals surface area contributed by atoms with Crippen LogP contribution in [-0.2, 0) is 15.7 Å². The molecule has 0 spiro atoms. The van der Waals surface area contributed by atoms with E-state index < -0.39 is 41.5 Å². The van der Waals surface area contributed by atoms with Crippen LogP contribution in [-0.4, -0.2) is 42.0 Å². The molecule has 11 heteroatoms. The van der Waals surface area contributed by atoms with Crippen LogP contribution in [0, 0.1) is 13.8 Å². The monoisotopic (exact) mass is 598 g/mol. The number of halogens is 3. The number of hydrogen-bond donors (Lipinski definition) is 2. The standard InChI is InChI=1S/C32H37F3N4O4/c1-8-12-39(7)27-17-26(38-30(42)43-31(4,5)6)25(16-24(27)32(33,34)35)37-29(41)18-28(40)22-11-9-10-21(15-22)23-13-19(2)36-20(3)14-23/h9-11,13-17H,8,12,18H2,1-7H3,(H,37,41)(H,38,42). The third-order valence-corrected chi connectivity index (χ3v) is 6.24. The number of anilines is 3. The topological polar surface area (TPSA) is 101 Å². The number of benzene rings is 2. The van der Waals surface area contributed by atoms with Gasteiger partial charge in [-0.15, -0.1) is 0 Å². The van der Waals surface area contributed by atoms with Crippen molar-refractivity contribution in [1.82, 2.24) is 4.98 Å². The maximum absolute atomic E-state index is 14.1. The van der Waals surface area contributed by atoms with Crippen molar-refractivity contribution >= 4 is 34.8 Å². The van der Waals surface area contributed by atoms with Crippen molar-refractivity contribution < 1.29 is 32.3 Å². The molecule has 2 aromatic carbocycles. The lowest BCUT2D eigenvalue weighted by Gasteiger charge is -2.26. The Kier molecular flexibility index (Phi) is 10.2. The minimum atomic E-state index is -4.76. The first-order chi connectivity index (χ1) is 20.0. The molecular weight excluding hydrogens is 561 g/mol. The van der Waals surface area contributed by atoms with E-state index >= 15 is 0 Å². The Balaban J connectivity index is 1.93. The Labute approximate surface area is 249 Å². The first-order valence-electron chi connectivity index (χ1n) is 13.8. The zero-order valence-corrected chi connectivity index (χ0v) is 25.4. The molecule has 230 valence electrons. The number of alkyl halides is 3. The minimum Gasteiger partial charge on any atom is -0.444 e. The van der Waals surface area contributed by atoms with Gasteiger partial charge in [0.15, 0.2) is 5.78 Å². The Bertz CT molecular complexity index is 1490. The van der Waals surface area contributed by atoms with Crippen molar-refractivity contribution in [2.75, 3.05) is 29.1 Å². The van der Waals surface area contributed by atoms with Crippen molar-refractivity contribution in [2.24, 2.45) is 0 Å². The van der Waals surface area contributed by atoms with E-state index in [4.69, 9.17) is 4.74 Å². The van der Waals surface area contributed by atoms with Gasteiger partial charge in [-0.25, -0.2) is 4.79 Å². The molecule has 1 aromatic heterocycles. The number of pyridine rings is 1. The second-order valence-electron chi connectivity index (χ2n) is 11.3. The molecule has 0 aliphatic heterocycles. The summed E-state index contributed by atoms with van der Waals surface area (Å²) in [6, 6.07) is 12.4. The number of Topliss-reactive ketones (excluding diaryl/α,β-unsaturated/α-hetero) is 1. The molecule has 3 rings (SSSR count). The van der Waals surface area contributed by atoms with Gasteiger partial charge >= 0.3 is 12.3 Å². The lowest BCUT2D eigenvalue weighted by Crippen LogP contribution is -2.28. The number of carbonyl (C=O) groups is 3. The number of amides is 2. The summed E-state index contributed by atoms with van der Waals surface area (Å²) >= 11 is 0. The molecule has 0 saturated carbocycles. The van der Waals surface area contributed by atoms with Crippen LogP contribution >= 0.6 is 0 Å². The summed E-state index contributed by atoms with van der Waals surface area (Å²) in [4.78, 5) is 44.4. The third kappa shape index (κ3) is 9.29. The van der Waals surface area contributed by atoms with Gasteiger partial charge in [0.1, 0.15) is 5.60 Å². The number of nitrogens with one attached hydrogen (secondary N) is 2. The summed E-state index contributed by atoms with van der Waals surface area (Å²) in [5.74, 6) is -1.38. The zero-order chi connectivity index (χ0) is 32.1. The van der Waals surface area contributed by atoms with Crippen molar-refractivity contribution in [1.29, 1.82) is 0 Å². The Morgan fingerprint density at radius 2 is 1.53 bits per heavy atom. The largest absolute Gasteiger partial charge is 0.444 e. The zero-order valence-electron chi connectivity index (χ0n) is 25.4. The molecule has 0 bridgehead atoms. The third-order valence-electron chi connectivity index (χ3n) is 6.24. The molecule has 3 aromatic rings. The van der Waals surface area contributed by atoms with Gasteiger partial charge in [-0.2, -0.15) is 13.2 Å². The van der Waals surface area contributed by atoms with Crippen molar-refractivity contribution in [3.8, 4) is 11.1 Å². The molecule has 0 aliphatic rings. The normalized spacial score (nSPS) is 11.6. The number of nitrogens with zero attached hydrogens (tertiary/aromatic N) is 2. The van der Waals surface area contributed by atoms with Gasteiger partial charge in [0.05, 0.1) is 29.0 Å². The molecule has 1 heterocycles.